The van der Waals surface area contributed by atoms with Gasteiger partial charge in [0.25, 0.3) is 0 Å². The van der Waals surface area contributed by atoms with Gasteiger partial charge in [-0.1, -0.05) is 17.4 Å². The number of hydrogen-bond acceptors (Lipinski definition) is 6. The normalized spacial score (nSPS) is 15.8. The first-order valence-electron chi connectivity index (χ1n) is 8.33. The van der Waals surface area contributed by atoms with Crippen LogP contribution in [-0.4, -0.2) is 20.9 Å². The summed E-state index contributed by atoms with van der Waals surface area (Å²) in [6.45, 7) is 0.00241. The number of aliphatic imine (C=N–C) groups is 1. The molecule has 0 unspecified atom stereocenters. The minimum atomic E-state index is 0.00241. The Morgan fingerprint density at radius 3 is 3.00 bits per heavy atom. The Morgan fingerprint density at radius 2 is 2.27 bits per heavy atom. The largest absolute Gasteiger partial charge is 0.391 e. The van der Waals surface area contributed by atoms with Gasteiger partial charge in [-0.3, -0.25) is 0 Å². The number of thiophene rings is 1. The van der Waals surface area contributed by atoms with E-state index in [1.54, 1.807) is 6.20 Å². The van der Waals surface area contributed by atoms with Crippen molar-refractivity contribution in [3.63, 3.8) is 0 Å². The average molecular weight is 360 g/mol. The van der Waals surface area contributed by atoms with Crippen molar-refractivity contribution >= 4 is 23.0 Å². The number of nitrogens with zero attached hydrogens (tertiary/aromatic N) is 3. The van der Waals surface area contributed by atoms with Gasteiger partial charge in [-0.2, -0.15) is 4.99 Å². The van der Waals surface area contributed by atoms with Crippen molar-refractivity contribution in [2.24, 2.45) is 10.9 Å². The summed E-state index contributed by atoms with van der Waals surface area (Å²) in [5.74, 6) is 8.05. The van der Waals surface area contributed by atoms with E-state index in [9.17, 15) is 5.11 Å². The highest BCUT2D eigenvalue weighted by Crippen LogP contribution is 2.38. The second kappa shape index (κ2) is 7.13. The number of allylic oxidation sites excluding steroid dienone is 1. The van der Waals surface area contributed by atoms with Gasteiger partial charge in [0.15, 0.2) is 11.6 Å². The van der Waals surface area contributed by atoms with Gasteiger partial charge in [0.05, 0.1) is 17.0 Å². The maximum Gasteiger partial charge on any atom is 0.171 e. The predicted octanol–water partition coefficient (Wildman–Crippen LogP) is 3.19. The third-order valence-corrected chi connectivity index (χ3v) is 5.27. The fourth-order valence-electron chi connectivity index (χ4n) is 2.69. The Labute approximate surface area is 155 Å². The van der Waals surface area contributed by atoms with Crippen LogP contribution < -0.4 is 5.32 Å². The van der Waals surface area contributed by atoms with Crippen molar-refractivity contribution < 1.29 is 5.11 Å². The van der Waals surface area contributed by atoms with Crippen LogP contribution in [0.3, 0.4) is 0 Å². The van der Waals surface area contributed by atoms with Crippen molar-refractivity contribution in [3.05, 3.63) is 40.4 Å². The van der Waals surface area contributed by atoms with E-state index in [1.165, 1.54) is 29.8 Å². The van der Waals surface area contributed by atoms with Crippen molar-refractivity contribution in [2.75, 3.05) is 5.32 Å². The van der Waals surface area contributed by atoms with Gasteiger partial charge in [-0.05, 0) is 37.0 Å². The molecule has 0 radical (unpaired) electrons. The lowest BCUT2D eigenvalue weighted by Gasteiger charge is -2.09. The molecule has 26 heavy (non-hydrogen) atoms. The molecule has 2 aromatic heterocycles. The number of terminal acetylenes is 1. The Kier molecular flexibility index (Phi) is 4.53. The zero-order chi connectivity index (χ0) is 17.9. The summed E-state index contributed by atoms with van der Waals surface area (Å²) >= 11 is 1.45. The minimum absolute atomic E-state index is 0.00241. The molecule has 0 atom stereocenters. The summed E-state index contributed by atoms with van der Waals surface area (Å²) in [5.41, 5.74) is 1.87. The maximum absolute atomic E-state index is 9.25. The molecule has 128 valence electrons. The monoisotopic (exact) mass is 360 g/mol. The highest BCUT2D eigenvalue weighted by Gasteiger charge is 2.26. The van der Waals surface area contributed by atoms with Gasteiger partial charge in [0.1, 0.15) is 5.84 Å². The first kappa shape index (κ1) is 16.5. The summed E-state index contributed by atoms with van der Waals surface area (Å²) in [6.07, 6.45) is 12.5. The van der Waals surface area contributed by atoms with E-state index in [0.29, 0.717) is 29.0 Å². The van der Waals surface area contributed by atoms with Crippen LogP contribution in [0.4, 0.5) is 5.82 Å². The van der Waals surface area contributed by atoms with Gasteiger partial charge in [-0.25, -0.2) is 9.97 Å². The van der Waals surface area contributed by atoms with Crippen LogP contribution in [0.1, 0.15) is 29.7 Å². The van der Waals surface area contributed by atoms with Crippen LogP contribution in [0.25, 0.3) is 10.7 Å². The third kappa shape index (κ3) is 3.52. The topological polar surface area (TPSA) is 70.4 Å². The van der Waals surface area contributed by atoms with E-state index in [0.717, 1.165) is 16.2 Å². The van der Waals surface area contributed by atoms with Gasteiger partial charge in [0.2, 0.25) is 0 Å². The zero-order valence-corrected chi connectivity index (χ0v) is 14.8. The number of nitrogens with one attached hydrogen (secondary N) is 1. The summed E-state index contributed by atoms with van der Waals surface area (Å²) in [5, 5.41) is 12.5. The van der Waals surface area contributed by atoms with Crippen LogP contribution in [0.5, 0.6) is 0 Å². The van der Waals surface area contributed by atoms with Gasteiger partial charge in [0, 0.05) is 23.5 Å². The number of amidine groups is 1. The molecule has 0 aromatic carbocycles. The number of aliphatic hydroxyl groups is 1. The molecule has 0 saturated heterocycles. The molecule has 3 heterocycles. The fourth-order valence-corrected chi connectivity index (χ4v) is 3.50. The summed E-state index contributed by atoms with van der Waals surface area (Å²) in [6, 6.07) is 6.58. The van der Waals surface area contributed by atoms with E-state index >= 15 is 0 Å². The quantitative estimate of drug-likeness (QED) is 0.822. The molecule has 0 amide bonds. The molecule has 0 spiro atoms. The molecule has 4 rings (SSSR count). The van der Waals surface area contributed by atoms with E-state index in [1.807, 2.05) is 18.2 Å². The van der Waals surface area contributed by atoms with E-state index in [4.69, 9.17) is 6.42 Å². The van der Waals surface area contributed by atoms with E-state index in [2.05, 4.69) is 38.2 Å². The van der Waals surface area contributed by atoms with Crippen LogP contribution in [0.15, 0.2) is 35.0 Å². The fraction of sp³-hybridized carbons (Fsp3) is 0.250. The highest BCUT2D eigenvalue weighted by atomic mass is 32.1. The Bertz CT molecular complexity index is 1010. The lowest BCUT2D eigenvalue weighted by atomic mass is 10.1. The molecule has 2 aromatic rings. The molecular formula is C20H16N4OS. The van der Waals surface area contributed by atoms with E-state index in [-0.39, 0.29) is 6.61 Å². The number of anilines is 1. The minimum Gasteiger partial charge on any atom is -0.391 e. The maximum atomic E-state index is 9.25. The number of aliphatic hydroxyl groups excluding tert-OH is 1. The molecule has 2 N–H and O–H groups in total. The van der Waals surface area contributed by atoms with E-state index < -0.39 is 0 Å². The average Bonchev–Trinajstić information content (AvgIpc) is 3.44. The molecule has 5 nitrogen and oxygen atoms in total. The molecule has 1 fully saturated rings. The molecule has 6 heteroatoms. The standard InChI is InChI=1S/C20H16N4OS/c1-2-13-11-22-20(17-8-7-16(12-25)26-17)24-19(13)23-18-10-15(14-5-6-14)4-3-9-21-18/h1,7-8,10-11,14,25H,4-6,12H2,(H,21,22,23,24). The Hall–Kier alpha value is -2.93. The van der Waals surface area contributed by atoms with Gasteiger partial charge < -0.3 is 10.4 Å². The Morgan fingerprint density at radius 1 is 1.38 bits per heavy atom. The first-order chi connectivity index (χ1) is 12.8. The van der Waals surface area contributed by atoms with Gasteiger partial charge in [-0.15, -0.1) is 17.8 Å². The lowest BCUT2D eigenvalue weighted by Crippen LogP contribution is -2.13. The Balaban J connectivity index is 1.66. The SMILES string of the molecule is C#Cc1cnc(-c2ccc(CO)s2)nc1NC1=NC#CCC(C2CC2)=C1. The zero-order valence-electron chi connectivity index (χ0n) is 14.0. The molecule has 1 saturated carbocycles. The van der Waals surface area contributed by atoms with Crippen LogP contribution in [0, 0.1) is 30.2 Å². The molecular weight excluding hydrogens is 344 g/mol. The van der Waals surface area contributed by atoms with Crippen LogP contribution in [-0.2, 0) is 6.61 Å². The summed E-state index contributed by atoms with van der Waals surface area (Å²) < 4.78 is 0. The first-order valence-corrected chi connectivity index (χ1v) is 9.15. The smallest absolute Gasteiger partial charge is 0.171 e. The molecule has 1 aliphatic heterocycles. The molecule has 1 aliphatic carbocycles. The summed E-state index contributed by atoms with van der Waals surface area (Å²) in [7, 11) is 0. The highest BCUT2D eigenvalue weighted by molar-refractivity contribution is 7.15. The number of aromatic nitrogens is 2. The van der Waals surface area contributed by atoms with Crippen molar-refractivity contribution in [2.45, 2.75) is 25.9 Å². The lowest BCUT2D eigenvalue weighted by molar-refractivity contribution is 0.285. The van der Waals surface area contributed by atoms with Gasteiger partial charge >= 0.3 is 0 Å². The van der Waals surface area contributed by atoms with Crippen molar-refractivity contribution in [1.29, 1.82) is 0 Å². The van der Waals surface area contributed by atoms with Crippen molar-refractivity contribution in [3.8, 4) is 35.0 Å². The van der Waals surface area contributed by atoms with Crippen molar-refractivity contribution in [1.82, 2.24) is 9.97 Å². The number of hydrogen-bond donors (Lipinski definition) is 2. The number of rotatable bonds is 4. The molecule has 0 bridgehead atoms. The van der Waals surface area contributed by atoms with Crippen LogP contribution in [0.2, 0.25) is 0 Å². The summed E-state index contributed by atoms with van der Waals surface area (Å²) in [4.78, 5) is 14.9. The second-order valence-electron chi connectivity index (χ2n) is 6.11. The molecule has 2 aliphatic rings. The van der Waals surface area contributed by atoms with Crippen LogP contribution >= 0.6 is 11.3 Å². The second-order valence-corrected chi connectivity index (χ2v) is 7.27. The predicted molar refractivity (Wildman–Crippen MR) is 103 cm³/mol. The third-order valence-electron chi connectivity index (χ3n) is 4.20.